The van der Waals surface area contributed by atoms with Crippen molar-refractivity contribution < 1.29 is 18.3 Å². The lowest BCUT2D eigenvalue weighted by molar-refractivity contribution is -0.0553. The maximum Gasteiger partial charge on any atom is 0.243 e. The van der Waals surface area contributed by atoms with Gasteiger partial charge in [-0.1, -0.05) is 36.4 Å². The number of benzene rings is 2. The third-order valence-corrected chi connectivity index (χ3v) is 9.16. The average Bonchev–Trinajstić information content (AvgIpc) is 2.88. The van der Waals surface area contributed by atoms with Crippen LogP contribution in [0.1, 0.15) is 24.3 Å². The molecule has 184 valence electrons. The van der Waals surface area contributed by atoms with Crippen molar-refractivity contribution in [2.45, 2.75) is 35.7 Å². The van der Waals surface area contributed by atoms with Gasteiger partial charge >= 0.3 is 0 Å². The summed E-state index contributed by atoms with van der Waals surface area (Å²) < 4.78 is 34.0. The fourth-order valence-corrected chi connectivity index (χ4v) is 7.00. The zero-order chi connectivity index (χ0) is 24.4. The lowest BCUT2D eigenvalue weighted by atomic mass is 9.74. The highest BCUT2D eigenvalue weighted by atomic mass is 32.2. The molecule has 0 aliphatic carbocycles. The maximum absolute atomic E-state index is 13.6. The van der Waals surface area contributed by atoms with Crippen molar-refractivity contribution >= 4 is 10.0 Å². The van der Waals surface area contributed by atoms with Crippen LogP contribution < -0.4 is 4.74 Å². The molecule has 3 heterocycles. The highest BCUT2D eigenvalue weighted by Gasteiger charge is 2.50. The van der Waals surface area contributed by atoms with E-state index in [1.165, 1.54) is 7.11 Å². The number of fused-ring (bicyclic) bond motifs is 1. The number of rotatable bonds is 6. The summed E-state index contributed by atoms with van der Waals surface area (Å²) in [4.78, 5) is 6.74. The summed E-state index contributed by atoms with van der Waals surface area (Å²) in [5, 5.41) is 10.2. The van der Waals surface area contributed by atoms with Gasteiger partial charge in [0, 0.05) is 49.6 Å². The Kier molecular flexibility index (Phi) is 6.88. The monoisotopic (exact) mass is 493 g/mol. The third-order valence-electron chi connectivity index (χ3n) is 7.30. The Morgan fingerprint density at radius 2 is 1.83 bits per heavy atom. The average molecular weight is 494 g/mol. The summed E-state index contributed by atoms with van der Waals surface area (Å²) >= 11 is 0. The molecule has 0 spiro atoms. The van der Waals surface area contributed by atoms with Crippen LogP contribution in [0.4, 0.5) is 0 Å². The Hall–Kier alpha value is -2.78. The quantitative estimate of drug-likeness (QED) is 0.567. The number of sulfonamides is 1. The summed E-state index contributed by atoms with van der Waals surface area (Å²) in [5.74, 6) is 0.583. The van der Waals surface area contributed by atoms with Gasteiger partial charge in [-0.05, 0) is 54.3 Å². The molecule has 35 heavy (non-hydrogen) atoms. The number of ether oxygens (including phenoxy) is 1. The minimum absolute atomic E-state index is 0.0104. The summed E-state index contributed by atoms with van der Waals surface area (Å²) in [6, 6.07) is 19.0. The normalized spacial score (nSPS) is 23.5. The van der Waals surface area contributed by atoms with Crippen LogP contribution >= 0.6 is 0 Å². The second-order valence-electron chi connectivity index (χ2n) is 9.19. The van der Waals surface area contributed by atoms with Crippen LogP contribution in [0.15, 0.2) is 78.0 Å². The highest BCUT2D eigenvalue weighted by molar-refractivity contribution is 7.89. The van der Waals surface area contributed by atoms with Gasteiger partial charge < -0.3 is 9.84 Å². The van der Waals surface area contributed by atoms with E-state index in [0.29, 0.717) is 18.8 Å². The van der Waals surface area contributed by atoms with Gasteiger partial charge in [0.2, 0.25) is 10.0 Å². The minimum Gasteiger partial charge on any atom is -0.497 e. The van der Waals surface area contributed by atoms with Gasteiger partial charge in [0.05, 0.1) is 18.6 Å². The van der Waals surface area contributed by atoms with E-state index >= 15 is 0 Å². The summed E-state index contributed by atoms with van der Waals surface area (Å²) in [6.45, 7) is 1.80. The van der Waals surface area contributed by atoms with Gasteiger partial charge in [0.15, 0.2) is 0 Å². The van der Waals surface area contributed by atoms with Crippen molar-refractivity contribution in [2.24, 2.45) is 0 Å². The molecule has 5 rings (SSSR count). The van der Waals surface area contributed by atoms with Crippen molar-refractivity contribution in [1.82, 2.24) is 14.2 Å². The van der Waals surface area contributed by atoms with Gasteiger partial charge in [-0.25, -0.2) is 8.42 Å². The number of hydrogen-bond acceptors (Lipinski definition) is 6. The second-order valence-corrected chi connectivity index (χ2v) is 11.1. The number of nitrogens with zero attached hydrogens (tertiary/aromatic N) is 3. The molecule has 0 amide bonds. The molecule has 7 nitrogen and oxygen atoms in total. The molecule has 0 bridgehead atoms. The molecule has 2 aromatic carbocycles. The number of pyridine rings is 1. The van der Waals surface area contributed by atoms with Crippen LogP contribution in [0.3, 0.4) is 0 Å². The topological polar surface area (TPSA) is 83.0 Å². The Morgan fingerprint density at radius 3 is 2.54 bits per heavy atom. The molecule has 2 fully saturated rings. The minimum atomic E-state index is -3.67. The largest absolute Gasteiger partial charge is 0.497 e. The molecule has 2 aliphatic rings. The van der Waals surface area contributed by atoms with Crippen molar-refractivity contribution in [2.75, 3.05) is 33.4 Å². The predicted octanol–water partition coefficient (Wildman–Crippen LogP) is 3.37. The van der Waals surface area contributed by atoms with Gasteiger partial charge in [0.25, 0.3) is 0 Å². The van der Waals surface area contributed by atoms with E-state index < -0.39 is 10.0 Å². The number of aromatic nitrogens is 1. The van der Waals surface area contributed by atoms with Crippen molar-refractivity contribution in [3.05, 3.63) is 78.6 Å². The first-order valence-electron chi connectivity index (χ1n) is 12.0. The molecular weight excluding hydrogens is 462 g/mol. The second kappa shape index (κ2) is 10.1. The molecule has 0 saturated carbocycles. The molecule has 2 aliphatic heterocycles. The Labute approximate surface area is 207 Å². The van der Waals surface area contributed by atoms with Crippen molar-refractivity contribution in [1.29, 1.82) is 0 Å². The van der Waals surface area contributed by atoms with E-state index in [4.69, 9.17) is 4.74 Å². The van der Waals surface area contributed by atoms with Crippen LogP contribution in [0.2, 0.25) is 0 Å². The number of hydrogen-bond donors (Lipinski definition) is 1. The Morgan fingerprint density at radius 1 is 1.03 bits per heavy atom. The first kappa shape index (κ1) is 23.9. The van der Waals surface area contributed by atoms with E-state index in [2.05, 4.69) is 34.1 Å². The summed E-state index contributed by atoms with van der Waals surface area (Å²) in [6.07, 6.45) is 5.28. The fraction of sp³-hybridized carbons (Fsp3) is 0.370. The predicted molar refractivity (Wildman–Crippen MR) is 135 cm³/mol. The molecular formula is C27H31N3O4S. The van der Waals surface area contributed by atoms with Crippen LogP contribution in [0, 0.1) is 0 Å². The van der Waals surface area contributed by atoms with E-state index in [0.717, 1.165) is 36.1 Å². The van der Waals surface area contributed by atoms with E-state index in [1.54, 1.807) is 34.8 Å². The first-order chi connectivity index (χ1) is 17.0. The molecule has 3 aromatic rings. The Bertz CT molecular complexity index is 1250. The molecule has 0 radical (unpaired) electrons. The zero-order valence-corrected chi connectivity index (χ0v) is 20.6. The molecule has 0 unspecified atom stereocenters. The van der Waals surface area contributed by atoms with Crippen molar-refractivity contribution in [3.63, 3.8) is 0 Å². The number of aliphatic hydroxyl groups is 1. The SMILES string of the molecule is COc1cccc(S(=O)(=O)N2CCCCN3[C@@H](CO)[C@@H](c4ccc(-c5cccnc5)cc4)[C@@H]3C2)c1. The van der Waals surface area contributed by atoms with Crippen LogP contribution in [0.25, 0.3) is 11.1 Å². The number of methoxy groups -OCH3 is 1. The van der Waals surface area contributed by atoms with Crippen LogP contribution in [0.5, 0.6) is 5.75 Å². The zero-order valence-electron chi connectivity index (χ0n) is 19.8. The lowest BCUT2D eigenvalue weighted by Gasteiger charge is -2.57. The maximum atomic E-state index is 13.6. The van der Waals surface area contributed by atoms with Gasteiger partial charge in [0.1, 0.15) is 5.75 Å². The Balaban J connectivity index is 1.42. The van der Waals surface area contributed by atoms with Gasteiger partial charge in [-0.2, -0.15) is 4.31 Å². The highest BCUT2D eigenvalue weighted by Crippen LogP contribution is 2.43. The fourth-order valence-electron chi connectivity index (χ4n) is 5.47. The van der Waals surface area contributed by atoms with Gasteiger partial charge in [-0.3, -0.25) is 9.88 Å². The molecule has 1 aromatic heterocycles. The summed E-state index contributed by atoms with van der Waals surface area (Å²) in [7, 11) is -2.14. The molecule has 3 atom stereocenters. The lowest BCUT2D eigenvalue weighted by Crippen LogP contribution is -2.67. The number of aliphatic hydroxyl groups excluding tert-OH is 1. The van der Waals surface area contributed by atoms with Gasteiger partial charge in [-0.15, -0.1) is 0 Å². The molecule has 8 heteroatoms. The standard InChI is InChI=1S/C27H31N3O4S/c1-34-23-7-4-8-24(16-23)35(32,33)29-14-2-3-15-30-25(18-29)27(26(30)19-31)21-11-9-20(10-12-21)22-6-5-13-28-17-22/h4-13,16-17,25-27,31H,2-3,14-15,18-19H2,1H3/t25-,26-,27-/m0/s1. The molecule has 2 saturated heterocycles. The van der Waals surface area contributed by atoms with Crippen LogP contribution in [-0.4, -0.2) is 73.1 Å². The molecule has 1 N–H and O–H groups in total. The van der Waals surface area contributed by atoms with E-state index in [-0.39, 0.29) is 29.5 Å². The smallest absolute Gasteiger partial charge is 0.243 e. The summed E-state index contributed by atoms with van der Waals surface area (Å²) in [5.41, 5.74) is 3.25. The third kappa shape index (κ3) is 4.59. The first-order valence-corrected chi connectivity index (χ1v) is 13.5. The van der Waals surface area contributed by atoms with Crippen molar-refractivity contribution in [3.8, 4) is 16.9 Å². The van der Waals surface area contributed by atoms with Crippen LogP contribution in [-0.2, 0) is 10.0 Å². The van der Waals surface area contributed by atoms with E-state index in [9.17, 15) is 13.5 Å². The van der Waals surface area contributed by atoms with E-state index in [1.807, 2.05) is 18.3 Å².